The number of amides is 1. The lowest BCUT2D eigenvalue weighted by molar-refractivity contribution is 0.0180. The number of aryl methyl sites for hydroxylation is 2. The van der Waals surface area contributed by atoms with Crippen LogP contribution in [0.15, 0.2) is 18.2 Å². The number of ether oxygens (including phenoxy) is 1. The number of benzene rings is 1. The van der Waals surface area contributed by atoms with Gasteiger partial charge in [0, 0.05) is 44.3 Å². The first-order chi connectivity index (χ1) is 12.9. The maximum atomic E-state index is 13.0. The van der Waals surface area contributed by atoms with E-state index in [1.54, 1.807) is 0 Å². The first-order valence-electron chi connectivity index (χ1n) is 10.6. The van der Waals surface area contributed by atoms with Crippen molar-refractivity contribution in [3.8, 4) is 0 Å². The highest BCUT2D eigenvalue weighted by molar-refractivity contribution is 5.94. The number of carbonyl (C=O) groups is 1. The predicted octanol–water partition coefficient (Wildman–Crippen LogP) is 3.51. The van der Waals surface area contributed by atoms with Crippen LogP contribution in [0.1, 0.15) is 47.2 Å². The summed E-state index contributed by atoms with van der Waals surface area (Å²) >= 11 is 0. The molecule has 4 heteroatoms. The Morgan fingerprint density at radius 2 is 1.78 bits per heavy atom. The number of nitrogens with zero attached hydrogens (tertiary/aromatic N) is 2. The quantitative estimate of drug-likeness (QED) is 0.795. The predicted molar refractivity (Wildman–Crippen MR) is 108 cm³/mol. The Balaban J connectivity index is 1.38. The van der Waals surface area contributed by atoms with E-state index >= 15 is 0 Å². The molecule has 148 valence electrons. The molecule has 1 aliphatic carbocycles. The second-order valence-electron chi connectivity index (χ2n) is 9.41. The largest absolute Gasteiger partial charge is 0.381 e. The molecule has 1 amide bonds. The fraction of sp³-hybridized carbons (Fsp3) is 0.696. The molecule has 1 atom stereocenters. The van der Waals surface area contributed by atoms with Gasteiger partial charge in [-0.3, -0.25) is 4.79 Å². The van der Waals surface area contributed by atoms with Crippen LogP contribution in [0.2, 0.25) is 0 Å². The molecule has 0 N–H and O–H groups in total. The van der Waals surface area contributed by atoms with E-state index in [0.29, 0.717) is 11.3 Å². The Labute approximate surface area is 163 Å². The lowest BCUT2D eigenvalue weighted by atomic mass is 9.71. The van der Waals surface area contributed by atoms with E-state index in [1.165, 1.54) is 12.8 Å². The molecule has 4 rings (SSSR count). The molecule has 0 bridgehead atoms. The van der Waals surface area contributed by atoms with Crippen LogP contribution < -0.4 is 0 Å². The van der Waals surface area contributed by atoms with E-state index in [9.17, 15) is 4.79 Å². The number of carbonyl (C=O) groups excluding carboxylic acids is 1. The maximum Gasteiger partial charge on any atom is 0.253 e. The van der Waals surface area contributed by atoms with Gasteiger partial charge in [-0.2, -0.15) is 0 Å². The molecule has 2 aliphatic heterocycles. The third-order valence-corrected chi connectivity index (χ3v) is 6.87. The summed E-state index contributed by atoms with van der Waals surface area (Å²) in [5, 5.41) is 0. The van der Waals surface area contributed by atoms with Crippen molar-refractivity contribution in [2.45, 2.75) is 39.5 Å². The molecule has 1 aromatic rings. The lowest BCUT2D eigenvalue weighted by Gasteiger charge is -2.42. The SMILES string of the molecule is Cc1cc(C)cc(C(=O)N2CCC3(CC2)CN(C)CC3COCC2CC2)c1. The summed E-state index contributed by atoms with van der Waals surface area (Å²) in [5.41, 5.74) is 3.50. The standard InChI is InChI=1S/C23H34N2O2/c1-17-10-18(2)12-20(11-17)22(26)25-8-6-23(7-9-25)16-24(3)13-21(23)15-27-14-19-4-5-19/h10-12,19,21H,4-9,13-16H2,1-3H3. The van der Waals surface area contributed by atoms with Crippen LogP contribution in [0.3, 0.4) is 0 Å². The van der Waals surface area contributed by atoms with Crippen LogP contribution in [0, 0.1) is 31.1 Å². The molecule has 1 unspecified atom stereocenters. The zero-order chi connectivity index (χ0) is 19.0. The highest BCUT2D eigenvalue weighted by Crippen LogP contribution is 2.44. The fourth-order valence-electron chi connectivity index (χ4n) is 5.19. The zero-order valence-corrected chi connectivity index (χ0v) is 17.2. The molecular formula is C23H34N2O2. The van der Waals surface area contributed by atoms with Gasteiger partial charge in [-0.15, -0.1) is 0 Å². The molecular weight excluding hydrogens is 336 g/mol. The first-order valence-corrected chi connectivity index (χ1v) is 10.6. The topological polar surface area (TPSA) is 32.8 Å². The van der Waals surface area contributed by atoms with Crippen molar-refractivity contribution in [3.63, 3.8) is 0 Å². The van der Waals surface area contributed by atoms with Crippen LogP contribution in [-0.2, 0) is 4.74 Å². The van der Waals surface area contributed by atoms with Crippen molar-refractivity contribution in [2.24, 2.45) is 17.3 Å². The summed E-state index contributed by atoms with van der Waals surface area (Å²) in [6.45, 7) is 10.0. The summed E-state index contributed by atoms with van der Waals surface area (Å²) in [7, 11) is 2.23. The van der Waals surface area contributed by atoms with Crippen LogP contribution in [-0.4, -0.2) is 62.1 Å². The smallest absolute Gasteiger partial charge is 0.253 e. The van der Waals surface area contributed by atoms with E-state index in [2.05, 4.69) is 36.8 Å². The van der Waals surface area contributed by atoms with Crippen LogP contribution in [0.25, 0.3) is 0 Å². The molecule has 1 spiro atoms. The van der Waals surface area contributed by atoms with Gasteiger partial charge in [0.05, 0.1) is 6.61 Å². The molecule has 0 aromatic heterocycles. The molecule has 27 heavy (non-hydrogen) atoms. The Morgan fingerprint density at radius 3 is 2.41 bits per heavy atom. The lowest BCUT2D eigenvalue weighted by Crippen LogP contribution is -2.47. The molecule has 2 saturated heterocycles. The van der Waals surface area contributed by atoms with Crippen molar-refractivity contribution in [1.29, 1.82) is 0 Å². The molecule has 1 saturated carbocycles. The molecule has 0 radical (unpaired) electrons. The summed E-state index contributed by atoms with van der Waals surface area (Å²) < 4.78 is 6.08. The average molecular weight is 371 g/mol. The summed E-state index contributed by atoms with van der Waals surface area (Å²) in [6, 6.07) is 6.18. The van der Waals surface area contributed by atoms with E-state index in [0.717, 1.165) is 74.8 Å². The van der Waals surface area contributed by atoms with Crippen molar-refractivity contribution < 1.29 is 9.53 Å². The molecule has 4 nitrogen and oxygen atoms in total. The van der Waals surface area contributed by atoms with Crippen molar-refractivity contribution in [1.82, 2.24) is 9.80 Å². The zero-order valence-electron chi connectivity index (χ0n) is 17.2. The minimum absolute atomic E-state index is 0.199. The Bertz CT molecular complexity index is 669. The average Bonchev–Trinajstić information content (AvgIpc) is 3.39. The Morgan fingerprint density at radius 1 is 1.11 bits per heavy atom. The van der Waals surface area contributed by atoms with Crippen LogP contribution in [0.4, 0.5) is 0 Å². The maximum absolute atomic E-state index is 13.0. The van der Waals surface area contributed by atoms with Gasteiger partial charge in [0.15, 0.2) is 0 Å². The van der Waals surface area contributed by atoms with Crippen molar-refractivity contribution >= 4 is 5.91 Å². The number of piperidine rings is 1. The number of hydrogen-bond donors (Lipinski definition) is 0. The first kappa shape index (κ1) is 18.9. The van der Waals surface area contributed by atoms with Gasteiger partial charge in [0.25, 0.3) is 5.91 Å². The Kier molecular flexibility index (Phi) is 5.30. The van der Waals surface area contributed by atoms with Gasteiger partial charge in [-0.05, 0) is 70.0 Å². The van der Waals surface area contributed by atoms with Crippen molar-refractivity contribution in [3.05, 3.63) is 34.9 Å². The summed E-state index contributed by atoms with van der Waals surface area (Å²) in [5.74, 6) is 1.64. The van der Waals surface area contributed by atoms with Gasteiger partial charge in [-0.1, -0.05) is 17.2 Å². The number of likely N-dealkylation sites (tertiary alicyclic amines) is 2. The van der Waals surface area contributed by atoms with Crippen LogP contribution >= 0.6 is 0 Å². The second-order valence-corrected chi connectivity index (χ2v) is 9.41. The second kappa shape index (κ2) is 7.56. The van der Waals surface area contributed by atoms with E-state index in [4.69, 9.17) is 4.74 Å². The van der Waals surface area contributed by atoms with E-state index in [1.807, 2.05) is 12.1 Å². The molecule has 1 aromatic carbocycles. The van der Waals surface area contributed by atoms with Crippen LogP contribution in [0.5, 0.6) is 0 Å². The number of hydrogen-bond acceptors (Lipinski definition) is 3. The van der Waals surface area contributed by atoms with Gasteiger partial charge < -0.3 is 14.5 Å². The minimum Gasteiger partial charge on any atom is -0.381 e. The van der Waals surface area contributed by atoms with Gasteiger partial charge in [0.1, 0.15) is 0 Å². The minimum atomic E-state index is 0.199. The number of rotatable bonds is 5. The van der Waals surface area contributed by atoms with E-state index < -0.39 is 0 Å². The molecule has 3 aliphatic rings. The van der Waals surface area contributed by atoms with Crippen molar-refractivity contribution in [2.75, 3.05) is 46.4 Å². The van der Waals surface area contributed by atoms with E-state index in [-0.39, 0.29) is 5.91 Å². The highest BCUT2D eigenvalue weighted by atomic mass is 16.5. The van der Waals surface area contributed by atoms with Gasteiger partial charge >= 0.3 is 0 Å². The summed E-state index contributed by atoms with van der Waals surface area (Å²) in [6.07, 6.45) is 4.91. The van der Waals surface area contributed by atoms with Gasteiger partial charge in [-0.25, -0.2) is 0 Å². The highest BCUT2D eigenvalue weighted by Gasteiger charge is 2.47. The Hall–Kier alpha value is -1.39. The molecule has 2 heterocycles. The van der Waals surface area contributed by atoms with Gasteiger partial charge in [0.2, 0.25) is 0 Å². The third-order valence-electron chi connectivity index (χ3n) is 6.87. The normalized spacial score (nSPS) is 25.3. The summed E-state index contributed by atoms with van der Waals surface area (Å²) in [4.78, 5) is 17.5. The monoisotopic (exact) mass is 370 g/mol. The molecule has 3 fully saturated rings. The third kappa shape index (κ3) is 4.22. The fourth-order valence-corrected chi connectivity index (χ4v) is 5.19.